The van der Waals surface area contributed by atoms with Gasteiger partial charge in [0, 0.05) is 23.6 Å². The maximum Gasteiger partial charge on any atom is 0.0224 e. The Morgan fingerprint density at radius 1 is 1.55 bits per heavy atom. The van der Waals surface area contributed by atoms with E-state index in [4.69, 9.17) is 0 Å². The van der Waals surface area contributed by atoms with Crippen LogP contribution in [-0.4, -0.2) is 23.6 Å². The topological polar surface area (TPSA) is 12.0 Å². The summed E-state index contributed by atoms with van der Waals surface area (Å²) in [5.74, 6) is 1.30. The van der Waals surface area contributed by atoms with Crippen LogP contribution in [-0.2, 0) is 0 Å². The first-order chi connectivity index (χ1) is 5.36. The quantitative estimate of drug-likeness (QED) is 0.555. The first kappa shape index (κ1) is 7.69. The Morgan fingerprint density at radius 2 is 2.45 bits per heavy atom. The third-order valence-electron chi connectivity index (χ3n) is 2.58. The van der Waals surface area contributed by atoms with Gasteiger partial charge in [-0.25, -0.2) is 0 Å². The van der Waals surface area contributed by atoms with E-state index >= 15 is 0 Å². The highest BCUT2D eigenvalue weighted by atomic mass is 32.2. The number of hydrogen-bond donors (Lipinski definition) is 1. The summed E-state index contributed by atoms with van der Waals surface area (Å²) in [4.78, 5) is 0. The van der Waals surface area contributed by atoms with Gasteiger partial charge in [0.2, 0.25) is 0 Å². The molecule has 1 aliphatic carbocycles. The van der Waals surface area contributed by atoms with E-state index in [9.17, 15) is 0 Å². The van der Waals surface area contributed by atoms with E-state index in [1.165, 1.54) is 37.1 Å². The maximum atomic E-state index is 4.06. The molecule has 0 aromatic carbocycles. The molecular formula is C9H15NS. The van der Waals surface area contributed by atoms with Crippen molar-refractivity contribution < 1.29 is 0 Å². The largest absolute Gasteiger partial charge is 0.312 e. The molecule has 2 aliphatic rings. The van der Waals surface area contributed by atoms with Gasteiger partial charge in [-0.1, -0.05) is 12.2 Å². The van der Waals surface area contributed by atoms with Gasteiger partial charge in [-0.3, -0.25) is 0 Å². The fourth-order valence-corrected chi connectivity index (χ4v) is 3.20. The van der Waals surface area contributed by atoms with Crippen LogP contribution in [0.1, 0.15) is 19.3 Å². The zero-order valence-electron chi connectivity index (χ0n) is 6.81. The van der Waals surface area contributed by atoms with Crippen LogP contribution in [0.3, 0.4) is 0 Å². The van der Waals surface area contributed by atoms with Crippen LogP contribution in [0.15, 0.2) is 12.2 Å². The normalized spacial score (nSPS) is 38.4. The van der Waals surface area contributed by atoms with Crippen molar-refractivity contribution in [2.24, 2.45) is 0 Å². The van der Waals surface area contributed by atoms with E-state index in [-0.39, 0.29) is 0 Å². The molecule has 1 N–H and O–H groups in total. The van der Waals surface area contributed by atoms with E-state index < -0.39 is 0 Å². The summed E-state index contributed by atoms with van der Waals surface area (Å²) in [6.07, 6.45) is 3.83. The van der Waals surface area contributed by atoms with Gasteiger partial charge in [-0.15, -0.1) is 0 Å². The minimum absolute atomic E-state index is 0.745. The lowest BCUT2D eigenvalue weighted by Crippen LogP contribution is -2.45. The van der Waals surface area contributed by atoms with Crippen LogP contribution in [0.5, 0.6) is 0 Å². The molecule has 0 radical (unpaired) electrons. The minimum Gasteiger partial charge on any atom is -0.312 e. The number of thioether (sulfide) groups is 1. The lowest BCUT2D eigenvalue weighted by Gasteiger charge is -2.36. The van der Waals surface area contributed by atoms with Crippen LogP contribution < -0.4 is 5.32 Å². The standard InChI is InChI=1S/C9H15NS/c1-7-2-3-9-8(6-7)10-4-5-11-9/h8-10H,1-6H2. The molecule has 0 aromatic rings. The van der Waals surface area contributed by atoms with Gasteiger partial charge in [0.05, 0.1) is 0 Å². The SMILES string of the molecule is C=C1CCC2SCCNC2C1. The van der Waals surface area contributed by atoms with E-state index in [0.717, 1.165) is 11.3 Å². The Bertz CT molecular complexity index is 167. The lowest BCUT2D eigenvalue weighted by atomic mass is 9.91. The Balaban J connectivity index is 1.98. The van der Waals surface area contributed by atoms with Crippen molar-refractivity contribution in [3.8, 4) is 0 Å². The van der Waals surface area contributed by atoms with Gasteiger partial charge in [0.1, 0.15) is 0 Å². The number of fused-ring (bicyclic) bond motifs is 1. The summed E-state index contributed by atoms with van der Waals surface area (Å²) in [5, 5.41) is 4.45. The van der Waals surface area contributed by atoms with E-state index in [0.29, 0.717) is 0 Å². The highest BCUT2D eigenvalue weighted by Crippen LogP contribution is 2.32. The Morgan fingerprint density at radius 3 is 3.36 bits per heavy atom. The monoisotopic (exact) mass is 169 g/mol. The molecule has 0 amide bonds. The molecule has 0 spiro atoms. The summed E-state index contributed by atoms with van der Waals surface area (Å²) < 4.78 is 0. The van der Waals surface area contributed by atoms with Crippen LogP contribution in [0.25, 0.3) is 0 Å². The van der Waals surface area contributed by atoms with Crippen molar-refractivity contribution >= 4 is 11.8 Å². The molecule has 2 heteroatoms. The lowest BCUT2D eigenvalue weighted by molar-refractivity contribution is 0.438. The second-order valence-corrected chi connectivity index (χ2v) is 4.81. The summed E-state index contributed by atoms with van der Waals surface area (Å²) in [7, 11) is 0. The molecule has 11 heavy (non-hydrogen) atoms. The molecule has 2 rings (SSSR count). The predicted molar refractivity (Wildman–Crippen MR) is 51.0 cm³/mol. The van der Waals surface area contributed by atoms with Crippen molar-refractivity contribution in [3.05, 3.63) is 12.2 Å². The van der Waals surface area contributed by atoms with Crippen molar-refractivity contribution in [1.82, 2.24) is 5.32 Å². The number of nitrogens with one attached hydrogen (secondary N) is 1. The second kappa shape index (κ2) is 3.20. The molecule has 0 aromatic heterocycles. The van der Waals surface area contributed by atoms with Gasteiger partial charge in [-0.2, -0.15) is 11.8 Å². The average molecular weight is 169 g/mol. The van der Waals surface area contributed by atoms with Crippen LogP contribution in [0.4, 0.5) is 0 Å². The van der Waals surface area contributed by atoms with Crippen LogP contribution in [0, 0.1) is 0 Å². The first-order valence-corrected chi connectivity index (χ1v) is 5.43. The van der Waals surface area contributed by atoms with E-state index in [1.54, 1.807) is 0 Å². The van der Waals surface area contributed by atoms with Gasteiger partial charge >= 0.3 is 0 Å². The molecule has 2 fully saturated rings. The zero-order chi connectivity index (χ0) is 7.68. The number of rotatable bonds is 0. The molecule has 1 saturated carbocycles. The fourth-order valence-electron chi connectivity index (χ4n) is 1.95. The Labute approximate surface area is 72.6 Å². The van der Waals surface area contributed by atoms with Crippen molar-refractivity contribution in [2.45, 2.75) is 30.6 Å². The predicted octanol–water partition coefficient (Wildman–Crippen LogP) is 1.80. The molecule has 1 nitrogen and oxygen atoms in total. The summed E-state index contributed by atoms with van der Waals surface area (Å²) >= 11 is 2.15. The average Bonchev–Trinajstić information content (AvgIpc) is 2.04. The molecule has 62 valence electrons. The molecule has 0 bridgehead atoms. The molecule has 1 heterocycles. The van der Waals surface area contributed by atoms with Gasteiger partial charge in [0.25, 0.3) is 0 Å². The third-order valence-corrected chi connectivity index (χ3v) is 4.01. The molecule has 2 unspecified atom stereocenters. The smallest absolute Gasteiger partial charge is 0.0224 e. The van der Waals surface area contributed by atoms with Crippen molar-refractivity contribution in [2.75, 3.05) is 12.3 Å². The van der Waals surface area contributed by atoms with Gasteiger partial charge in [-0.05, 0) is 19.3 Å². The van der Waals surface area contributed by atoms with Gasteiger partial charge < -0.3 is 5.32 Å². The highest BCUT2D eigenvalue weighted by molar-refractivity contribution is 8.00. The summed E-state index contributed by atoms with van der Waals surface area (Å²) in [5.41, 5.74) is 1.45. The van der Waals surface area contributed by atoms with Crippen molar-refractivity contribution in [3.63, 3.8) is 0 Å². The first-order valence-electron chi connectivity index (χ1n) is 4.38. The Hall–Kier alpha value is 0.0500. The third kappa shape index (κ3) is 1.62. The molecule has 1 aliphatic heterocycles. The molecule has 2 atom stereocenters. The maximum absolute atomic E-state index is 4.06. The molecular weight excluding hydrogens is 154 g/mol. The minimum atomic E-state index is 0.745. The highest BCUT2D eigenvalue weighted by Gasteiger charge is 2.28. The van der Waals surface area contributed by atoms with Crippen LogP contribution in [0.2, 0.25) is 0 Å². The van der Waals surface area contributed by atoms with E-state index in [2.05, 4.69) is 23.7 Å². The summed E-state index contributed by atoms with van der Waals surface area (Å²) in [6.45, 7) is 5.25. The summed E-state index contributed by atoms with van der Waals surface area (Å²) in [6, 6.07) is 0.745. The van der Waals surface area contributed by atoms with Gasteiger partial charge in [0.15, 0.2) is 0 Å². The van der Waals surface area contributed by atoms with Crippen LogP contribution >= 0.6 is 11.8 Å². The second-order valence-electron chi connectivity index (χ2n) is 3.46. The number of hydrogen-bond acceptors (Lipinski definition) is 2. The Kier molecular flexibility index (Phi) is 2.23. The fraction of sp³-hybridized carbons (Fsp3) is 0.778. The molecule has 1 saturated heterocycles. The van der Waals surface area contributed by atoms with E-state index in [1.807, 2.05) is 0 Å². The van der Waals surface area contributed by atoms with Crippen molar-refractivity contribution in [1.29, 1.82) is 0 Å². The zero-order valence-corrected chi connectivity index (χ0v) is 7.62.